The van der Waals surface area contributed by atoms with Crippen LogP contribution in [0.25, 0.3) is 0 Å². The van der Waals surface area contributed by atoms with Gasteiger partial charge >= 0.3 is 0 Å². The predicted octanol–water partition coefficient (Wildman–Crippen LogP) is 1.69. The van der Waals surface area contributed by atoms with Crippen LogP contribution in [0.1, 0.15) is 25.7 Å². The number of carbonyl (C=O) groups excluding carboxylic acids is 1. The molecule has 0 bridgehead atoms. The molecule has 0 saturated heterocycles. The highest BCUT2D eigenvalue weighted by molar-refractivity contribution is 8.01. The molecule has 4 nitrogen and oxygen atoms in total. The molecule has 1 heterocycles. The molecule has 0 radical (unpaired) electrons. The average Bonchev–Trinajstić information content (AvgIpc) is 2.86. The third-order valence-electron chi connectivity index (χ3n) is 2.39. The normalized spacial score (nSPS) is 16.8. The van der Waals surface area contributed by atoms with Crippen molar-refractivity contribution in [3.63, 3.8) is 0 Å². The Balaban J connectivity index is 1.68. The van der Waals surface area contributed by atoms with Gasteiger partial charge in [-0.15, -0.1) is 10.2 Å². The number of nitrogens with zero attached hydrogens (tertiary/aromatic N) is 2. The van der Waals surface area contributed by atoms with Gasteiger partial charge < -0.3 is 5.32 Å². The van der Waals surface area contributed by atoms with E-state index in [-0.39, 0.29) is 5.91 Å². The summed E-state index contributed by atoms with van der Waals surface area (Å²) >= 11 is 2.92. The van der Waals surface area contributed by atoms with Crippen molar-refractivity contribution in [2.75, 3.05) is 5.75 Å². The minimum Gasteiger partial charge on any atom is -0.353 e. The van der Waals surface area contributed by atoms with Crippen LogP contribution >= 0.6 is 23.1 Å². The van der Waals surface area contributed by atoms with E-state index in [4.69, 9.17) is 0 Å². The van der Waals surface area contributed by atoms with E-state index in [1.54, 1.807) is 5.51 Å². The monoisotopic (exact) mass is 243 g/mol. The molecule has 0 unspecified atom stereocenters. The summed E-state index contributed by atoms with van der Waals surface area (Å²) in [7, 11) is 0. The van der Waals surface area contributed by atoms with Crippen molar-refractivity contribution in [3.8, 4) is 0 Å². The number of rotatable bonds is 4. The van der Waals surface area contributed by atoms with Gasteiger partial charge in [0.2, 0.25) is 5.91 Å². The van der Waals surface area contributed by atoms with Gasteiger partial charge in [-0.05, 0) is 12.8 Å². The lowest BCUT2D eigenvalue weighted by molar-refractivity contribution is -0.119. The summed E-state index contributed by atoms with van der Waals surface area (Å²) in [5.74, 6) is 0.563. The van der Waals surface area contributed by atoms with Gasteiger partial charge in [0.25, 0.3) is 0 Å². The van der Waals surface area contributed by atoms with Gasteiger partial charge in [-0.3, -0.25) is 4.79 Å². The molecule has 1 aromatic heterocycles. The van der Waals surface area contributed by atoms with Crippen LogP contribution in [0, 0.1) is 0 Å². The Morgan fingerprint density at radius 1 is 1.60 bits per heavy atom. The maximum Gasteiger partial charge on any atom is 0.230 e. The predicted molar refractivity (Wildman–Crippen MR) is 61.0 cm³/mol. The van der Waals surface area contributed by atoms with Crippen molar-refractivity contribution < 1.29 is 4.79 Å². The average molecular weight is 243 g/mol. The first-order chi connectivity index (χ1) is 7.34. The van der Waals surface area contributed by atoms with E-state index < -0.39 is 0 Å². The minimum absolute atomic E-state index is 0.113. The molecule has 0 aromatic carbocycles. The highest BCUT2D eigenvalue weighted by Crippen LogP contribution is 2.20. The Morgan fingerprint density at radius 2 is 2.40 bits per heavy atom. The van der Waals surface area contributed by atoms with E-state index >= 15 is 0 Å². The molecule has 0 atom stereocenters. The molecular formula is C9H13N3OS2. The Hall–Kier alpha value is -0.620. The van der Waals surface area contributed by atoms with Gasteiger partial charge in [-0.1, -0.05) is 35.9 Å². The molecule has 1 aromatic rings. The third kappa shape index (κ3) is 3.46. The minimum atomic E-state index is 0.113. The van der Waals surface area contributed by atoms with Crippen LogP contribution in [-0.4, -0.2) is 27.9 Å². The van der Waals surface area contributed by atoms with Gasteiger partial charge in [0.05, 0.1) is 5.75 Å². The fraction of sp³-hybridized carbons (Fsp3) is 0.667. The van der Waals surface area contributed by atoms with E-state index in [0.717, 1.165) is 17.2 Å². The van der Waals surface area contributed by atoms with Crippen LogP contribution in [0.5, 0.6) is 0 Å². The largest absolute Gasteiger partial charge is 0.353 e. The van der Waals surface area contributed by atoms with E-state index in [2.05, 4.69) is 15.5 Å². The summed E-state index contributed by atoms with van der Waals surface area (Å²) in [5.41, 5.74) is 1.68. The molecule has 0 aliphatic heterocycles. The smallest absolute Gasteiger partial charge is 0.230 e. The van der Waals surface area contributed by atoms with Gasteiger partial charge in [0, 0.05) is 6.04 Å². The summed E-state index contributed by atoms with van der Waals surface area (Å²) in [6.07, 6.45) is 4.76. The number of carbonyl (C=O) groups is 1. The second-order valence-corrected chi connectivity index (χ2v) is 5.60. The van der Waals surface area contributed by atoms with Gasteiger partial charge in [-0.25, -0.2) is 0 Å². The van der Waals surface area contributed by atoms with Crippen molar-refractivity contribution in [1.29, 1.82) is 0 Å². The van der Waals surface area contributed by atoms with E-state index in [9.17, 15) is 4.79 Å². The first kappa shape index (κ1) is 10.9. The zero-order chi connectivity index (χ0) is 10.5. The van der Waals surface area contributed by atoms with Crippen LogP contribution in [0.3, 0.4) is 0 Å². The second kappa shape index (κ2) is 5.46. The van der Waals surface area contributed by atoms with Crippen LogP contribution in [0.2, 0.25) is 0 Å². The third-order valence-corrected chi connectivity index (χ3v) is 4.25. The van der Waals surface area contributed by atoms with E-state index in [1.807, 2.05) is 0 Å². The molecule has 6 heteroatoms. The van der Waals surface area contributed by atoms with Crippen molar-refractivity contribution in [2.24, 2.45) is 0 Å². The molecule has 1 N–H and O–H groups in total. The highest BCUT2D eigenvalue weighted by atomic mass is 32.2. The lowest BCUT2D eigenvalue weighted by atomic mass is 10.2. The quantitative estimate of drug-likeness (QED) is 0.818. The number of amides is 1. The number of nitrogens with one attached hydrogen (secondary N) is 1. The second-order valence-electron chi connectivity index (χ2n) is 3.54. The molecule has 1 amide bonds. The van der Waals surface area contributed by atoms with Crippen LogP contribution in [0.15, 0.2) is 9.85 Å². The SMILES string of the molecule is O=C(CSc1nncs1)NC1CCCC1. The topological polar surface area (TPSA) is 54.9 Å². The van der Waals surface area contributed by atoms with E-state index in [1.165, 1.54) is 35.9 Å². The molecule has 1 fully saturated rings. The van der Waals surface area contributed by atoms with Gasteiger partial charge in [0.1, 0.15) is 5.51 Å². The fourth-order valence-corrected chi connectivity index (χ4v) is 2.99. The zero-order valence-electron chi connectivity index (χ0n) is 8.31. The van der Waals surface area contributed by atoms with Crippen molar-refractivity contribution in [1.82, 2.24) is 15.5 Å². The highest BCUT2D eigenvalue weighted by Gasteiger charge is 2.17. The lowest BCUT2D eigenvalue weighted by Gasteiger charge is -2.10. The standard InChI is InChI=1S/C9H13N3OS2/c13-8(11-7-3-1-2-4-7)5-14-9-12-10-6-15-9/h6-7H,1-5H2,(H,11,13). The molecule has 1 aliphatic rings. The molecule has 82 valence electrons. The Bertz CT molecular complexity index is 309. The summed E-state index contributed by atoms with van der Waals surface area (Å²) in [6, 6.07) is 0.410. The summed E-state index contributed by atoms with van der Waals surface area (Å²) in [4.78, 5) is 11.5. The maximum absolute atomic E-state index is 11.5. The summed E-state index contributed by atoms with van der Waals surface area (Å²) < 4.78 is 0.858. The van der Waals surface area contributed by atoms with Gasteiger partial charge in [-0.2, -0.15) is 0 Å². The number of hydrogen-bond donors (Lipinski definition) is 1. The first-order valence-electron chi connectivity index (χ1n) is 5.03. The summed E-state index contributed by atoms with van der Waals surface area (Å²) in [5, 5.41) is 10.6. The van der Waals surface area contributed by atoms with Crippen molar-refractivity contribution in [3.05, 3.63) is 5.51 Å². The number of aromatic nitrogens is 2. The van der Waals surface area contributed by atoms with Gasteiger partial charge in [0.15, 0.2) is 4.34 Å². The Kier molecular flexibility index (Phi) is 3.96. The van der Waals surface area contributed by atoms with Crippen LogP contribution in [-0.2, 0) is 4.79 Å². The molecular weight excluding hydrogens is 230 g/mol. The first-order valence-corrected chi connectivity index (χ1v) is 6.89. The number of hydrogen-bond acceptors (Lipinski definition) is 5. The van der Waals surface area contributed by atoms with Crippen molar-refractivity contribution in [2.45, 2.75) is 36.1 Å². The molecule has 15 heavy (non-hydrogen) atoms. The molecule has 1 aliphatic carbocycles. The van der Waals surface area contributed by atoms with Crippen molar-refractivity contribution >= 4 is 29.0 Å². The molecule has 2 rings (SSSR count). The summed E-state index contributed by atoms with van der Waals surface area (Å²) in [6.45, 7) is 0. The van der Waals surface area contributed by atoms with E-state index in [0.29, 0.717) is 11.8 Å². The molecule has 1 saturated carbocycles. The lowest BCUT2D eigenvalue weighted by Crippen LogP contribution is -2.33. The fourth-order valence-electron chi connectivity index (χ4n) is 1.69. The zero-order valence-corrected chi connectivity index (χ0v) is 9.94. The maximum atomic E-state index is 11.5. The van der Waals surface area contributed by atoms with Crippen LogP contribution < -0.4 is 5.32 Å². The number of thioether (sulfide) groups is 1. The van der Waals surface area contributed by atoms with Crippen LogP contribution in [0.4, 0.5) is 0 Å². The Labute approximate surface area is 96.9 Å². The Morgan fingerprint density at radius 3 is 3.07 bits per heavy atom. The molecule has 0 spiro atoms.